The normalized spacial score (nSPS) is 9.74. The SMILES string of the molecule is CCCCCCCCCCCOC(=O)CC(=O)O.[H-].[K+]. The summed E-state index contributed by atoms with van der Waals surface area (Å²) in [5, 5.41) is 8.34. The fourth-order valence-corrected chi connectivity index (χ4v) is 1.77. The first-order valence-electron chi connectivity index (χ1n) is 7.04. The molecule has 0 aromatic carbocycles. The standard InChI is InChI=1S/C14H26O4.K.H/c1-2-3-4-5-6-7-8-9-10-11-18-14(17)12-13(15)16;;/h2-12H2,1H3,(H,15,16);;/q;+1;-1. The molecule has 108 valence electrons. The van der Waals surface area contributed by atoms with Gasteiger partial charge in [0, 0.05) is 0 Å². The minimum Gasteiger partial charge on any atom is -1.00 e. The van der Waals surface area contributed by atoms with E-state index in [-0.39, 0.29) is 52.8 Å². The van der Waals surface area contributed by atoms with E-state index in [1.54, 1.807) is 0 Å². The summed E-state index contributed by atoms with van der Waals surface area (Å²) in [7, 11) is 0. The number of carboxylic acids is 1. The number of ether oxygens (including phenoxy) is 1. The monoisotopic (exact) mass is 298 g/mol. The van der Waals surface area contributed by atoms with Crippen LogP contribution in [-0.2, 0) is 14.3 Å². The predicted octanol–water partition coefficient (Wildman–Crippen LogP) is 0.652. The second-order valence-corrected chi connectivity index (χ2v) is 4.62. The molecule has 0 atom stereocenters. The molecule has 0 heterocycles. The molecule has 0 radical (unpaired) electrons. The maximum atomic E-state index is 10.9. The summed E-state index contributed by atoms with van der Waals surface area (Å²) in [6.45, 7) is 2.56. The predicted molar refractivity (Wildman–Crippen MR) is 71.6 cm³/mol. The Morgan fingerprint density at radius 1 is 0.947 bits per heavy atom. The van der Waals surface area contributed by atoms with Crippen molar-refractivity contribution in [2.45, 2.75) is 71.1 Å². The van der Waals surface area contributed by atoms with Gasteiger partial charge in [-0.05, 0) is 6.42 Å². The van der Waals surface area contributed by atoms with Gasteiger partial charge in [-0.3, -0.25) is 9.59 Å². The number of unbranched alkanes of at least 4 members (excludes halogenated alkanes) is 8. The maximum Gasteiger partial charge on any atom is 1.00 e. The molecule has 5 heteroatoms. The van der Waals surface area contributed by atoms with Crippen LogP contribution in [0.25, 0.3) is 0 Å². The number of carboxylic acid groups (broad SMARTS) is 1. The van der Waals surface area contributed by atoms with E-state index in [1.807, 2.05) is 0 Å². The van der Waals surface area contributed by atoms with Crippen molar-refractivity contribution in [3.8, 4) is 0 Å². The van der Waals surface area contributed by atoms with Gasteiger partial charge in [-0.1, -0.05) is 58.3 Å². The first-order chi connectivity index (χ1) is 8.66. The van der Waals surface area contributed by atoms with Gasteiger partial charge in [-0.25, -0.2) is 0 Å². The second kappa shape index (κ2) is 16.6. The number of esters is 1. The number of aliphatic carboxylic acids is 1. The van der Waals surface area contributed by atoms with Gasteiger partial charge in [0.15, 0.2) is 0 Å². The van der Waals surface area contributed by atoms with E-state index < -0.39 is 18.4 Å². The van der Waals surface area contributed by atoms with Crippen molar-refractivity contribution in [2.75, 3.05) is 6.61 Å². The summed E-state index contributed by atoms with van der Waals surface area (Å²) in [4.78, 5) is 21.1. The molecule has 0 aromatic heterocycles. The molecule has 0 fully saturated rings. The van der Waals surface area contributed by atoms with Crippen molar-refractivity contribution in [3.05, 3.63) is 0 Å². The van der Waals surface area contributed by atoms with Gasteiger partial charge < -0.3 is 11.3 Å². The summed E-state index contributed by atoms with van der Waals surface area (Å²) < 4.78 is 4.79. The smallest absolute Gasteiger partial charge is 1.00 e. The van der Waals surface area contributed by atoms with Crippen LogP contribution in [0.15, 0.2) is 0 Å². The summed E-state index contributed by atoms with van der Waals surface area (Å²) >= 11 is 0. The Morgan fingerprint density at radius 3 is 1.89 bits per heavy atom. The average Bonchev–Trinajstić information content (AvgIpc) is 2.30. The molecule has 0 saturated carbocycles. The molecular weight excluding hydrogens is 271 g/mol. The molecule has 0 rings (SSSR count). The van der Waals surface area contributed by atoms with E-state index in [0.717, 1.165) is 12.8 Å². The maximum absolute atomic E-state index is 10.9. The van der Waals surface area contributed by atoms with Crippen LogP contribution in [0.2, 0.25) is 0 Å². The molecule has 0 amide bonds. The van der Waals surface area contributed by atoms with E-state index in [1.165, 1.54) is 44.9 Å². The zero-order valence-electron chi connectivity index (χ0n) is 13.5. The van der Waals surface area contributed by atoms with Gasteiger partial charge in [0.1, 0.15) is 6.42 Å². The van der Waals surface area contributed by atoms with Crippen LogP contribution in [0, 0.1) is 0 Å². The van der Waals surface area contributed by atoms with Crippen LogP contribution in [0.4, 0.5) is 0 Å². The molecule has 0 unspecified atom stereocenters. The van der Waals surface area contributed by atoms with Gasteiger partial charge in [0.05, 0.1) is 6.61 Å². The molecule has 0 aliphatic heterocycles. The van der Waals surface area contributed by atoms with Crippen LogP contribution in [0.5, 0.6) is 0 Å². The molecular formula is C14H27KO4. The first-order valence-corrected chi connectivity index (χ1v) is 7.04. The Morgan fingerprint density at radius 2 is 1.42 bits per heavy atom. The van der Waals surface area contributed by atoms with Crippen LogP contribution in [0.1, 0.15) is 72.6 Å². The van der Waals surface area contributed by atoms with E-state index >= 15 is 0 Å². The molecule has 0 aromatic rings. The van der Waals surface area contributed by atoms with Crippen molar-refractivity contribution in [3.63, 3.8) is 0 Å². The second-order valence-electron chi connectivity index (χ2n) is 4.62. The molecule has 4 nitrogen and oxygen atoms in total. The quantitative estimate of drug-likeness (QED) is 0.249. The zero-order chi connectivity index (χ0) is 13.6. The fraction of sp³-hybridized carbons (Fsp3) is 0.857. The topological polar surface area (TPSA) is 63.6 Å². The van der Waals surface area contributed by atoms with Crippen LogP contribution >= 0.6 is 0 Å². The van der Waals surface area contributed by atoms with Crippen molar-refractivity contribution in [2.24, 2.45) is 0 Å². The van der Waals surface area contributed by atoms with Crippen molar-refractivity contribution in [1.82, 2.24) is 0 Å². The number of rotatable bonds is 12. The van der Waals surface area contributed by atoms with E-state index in [0.29, 0.717) is 6.61 Å². The Bertz CT molecular complexity index is 237. The van der Waals surface area contributed by atoms with Gasteiger partial charge >= 0.3 is 63.3 Å². The summed E-state index contributed by atoms with van der Waals surface area (Å²) in [5.74, 6) is -1.77. The number of hydrogen-bond acceptors (Lipinski definition) is 3. The summed E-state index contributed by atoms with van der Waals surface area (Å²) in [6.07, 6.45) is 10.3. The molecule has 19 heavy (non-hydrogen) atoms. The van der Waals surface area contributed by atoms with Gasteiger partial charge in [-0.15, -0.1) is 0 Å². The number of carbonyl (C=O) groups is 2. The third-order valence-corrected chi connectivity index (χ3v) is 2.81. The Hall–Kier alpha value is 0.576. The third-order valence-electron chi connectivity index (χ3n) is 2.81. The summed E-state index contributed by atoms with van der Waals surface area (Å²) in [5.41, 5.74) is 0. The first kappa shape index (κ1) is 21.9. The Balaban J connectivity index is -0.00000144. The number of hydrogen-bond donors (Lipinski definition) is 1. The molecule has 0 bridgehead atoms. The molecule has 1 N–H and O–H groups in total. The van der Waals surface area contributed by atoms with Crippen molar-refractivity contribution < 1.29 is 72.2 Å². The molecule has 0 aliphatic rings. The van der Waals surface area contributed by atoms with Crippen molar-refractivity contribution in [1.29, 1.82) is 0 Å². The molecule has 0 aliphatic carbocycles. The van der Waals surface area contributed by atoms with Crippen LogP contribution < -0.4 is 51.4 Å². The van der Waals surface area contributed by atoms with Gasteiger partial charge in [0.25, 0.3) is 0 Å². The van der Waals surface area contributed by atoms with Crippen LogP contribution in [-0.4, -0.2) is 23.7 Å². The van der Waals surface area contributed by atoms with Crippen molar-refractivity contribution >= 4 is 11.9 Å². The Labute approximate surface area is 160 Å². The third kappa shape index (κ3) is 18.6. The zero-order valence-corrected chi connectivity index (χ0v) is 15.6. The van der Waals surface area contributed by atoms with Gasteiger partial charge in [-0.2, -0.15) is 0 Å². The minimum absolute atomic E-state index is 0. The van der Waals surface area contributed by atoms with E-state index in [2.05, 4.69) is 6.92 Å². The van der Waals surface area contributed by atoms with E-state index in [4.69, 9.17) is 9.84 Å². The minimum atomic E-state index is -1.13. The summed E-state index contributed by atoms with van der Waals surface area (Å²) in [6, 6.07) is 0. The van der Waals surface area contributed by atoms with Gasteiger partial charge in [0.2, 0.25) is 0 Å². The van der Waals surface area contributed by atoms with E-state index in [9.17, 15) is 9.59 Å². The number of carbonyl (C=O) groups excluding carboxylic acids is 1. The molecule has 0 saturated heterocycles. The largest absolute Gasteiger partial charge is 1.00 e. The molecule has 0 spiro atoms. The Kier molecular flexibility index (Phi) is 19.1. The fourth-order valence-electron chi connectivity index (χ4n) is 1.77. The van der Waals surface area contributed by atoms with Crippen LogP contribution in [0.3, 0.4) is 0 Å². The average molecular weight is 298 g/mol.